The van der Waals surface area contributed by atoms with Gasteiger partial charge in [-0.3, -0.25) is 4.79 Å². The first-order valence-corrected chi connectivity index (χ1v) is 5.55. The van der Waals surface area contributed by atoms with E-state index in [1.165, 1.54) is 6.07 Å². The van der Waals surface area contributed by atoms with E-state index in [4.69, 9.17) is 4.74 Å². The van der Waals surface area contributed by atoms with Gasteiger partial charge in [0.15, 0.2) is 0 Å². The molecule has 86 valence electrons. The number of aliphatic hydroxyl groups is 1. The Hall–Kier alpha value is -1.20. The summed E-state index contributed by atoms with van der Waals surface area (Å²) in [7, 11) is 0. The summed E-state index contributed by atoms with van der Waals surface area (Å²) in [4.78, 5) is 15.1. The van der Waals surface area contributed by atoms with Crippen LogP contribution >= 0.6 is 0 Å². The molecular weight excluding hydrogens is 208 g/mol. The van der Waals surface area contributed by atoms with Crippen LogP contribution in [0.15, 0.2) is 17.1 Å². The lowest BCUT2D eigenvalue weighted by atomic mass is 9.90. The van der Waals surface area contributed by atoms with E-state index in [0.717, 1.165) is 12.2 Å². The Morgan fingerprint density at radius 3 is 3.25 bits per heavy atom. The Morgan fingerprint density at radius 1 is 1.69 bits per heavy atom. The third-order valence-corrected chi connectivity index (χ3v) is 3.73. The molecule has 1 fully saturated rings. The molecule has 16 heavy (non-hydrogen) atoms. The maximum absolute atomic E-state index is 11.1. The van der Waals surface area contributed by atoms with Crippen LogP contribution in [0, 0.1) is 11.8 Å². The predicted molar refractivity (Wildman–Crippen MR) is 55.9 cm³/mol. The van der Waals surface area contributed by atoms with Crippen molar-refractivity contribution in [3.63, 3.8) is 0 Å². The smallest absolute Gasteiger partial charge is 0.272 e. The molecular formula is C11H14N2O3. The molecule has 0 bridgehead atoms. The summed E-state index contributed by atoms with van der Waals surface area (Å²) in [5, 5.41) is 9.18. The molecule has 0 radical (unpaired) electrons. The minimum Gasteiger partial charge on any atom is -0.394 e. The predicted octanol–water partition coefficient (Wildman–Crippen LogP) is -0.0586. The zero-order valence-electron chi connectivity index (χ0n) is 9.04. The molecule has 0 aliphatic carbocycles. The van der Waals surface area contributed by atoms with Crippen LogP contribution in [-0.2, 0) is 11.2 Å². The van der Waals surface area contributed by atoms with E-state index in [1.54, 1.807) is 6.20 Å². The maximum atomic E-state index is 11.1. The third kappa shape index (κ3) is 1.25. The highest BCUT2D eigenvalue weighted by Gasteiger charge is 2.46. The van der Waals surface area contributed by atoms with Gasteiger partial charge in [-0.2, -0.15) is 4.98 Å². The molecule has 0 saturated carbocycles. The summed E-state index contributed by atoms with van der Waals surface area (Å²) in [6.07, 6.45) is 2.35. The van der Waals surface area contributed by atoms with Crippen LogP contribution in [0.25, 0.3) is 0 Å². The molecule has 5 heteroatoms. The second-order valence-electron chi connectivity index (χ2n) is 4.56. The SMILES string of the molecule is CC1C2Cc3nc(=O)ccn3[C@@H]2O[C@@H]1CO. The molecule has 2 aliphatic heterocycles. The van der Waals surface area contributed by atoms with Crippen LogP contribution in [0.5, 0.6) is 0 Å². The van der Waals surface area contributed by atoms with Crippen molar-refractivity contribution in [1.82, 2.24) is 9.55 Å². The molecule has 1 aromatic rings. The van der Waals surface area contributed by atoms with Crippen LogP contribution in [0.2, 0.25) is 0 Å². The second-order valence-corrected chi connectivity index (χ2v) is 4.56. The van der Waals surface area contributed by atoms with Crippen molar-refractivity contribution in [3.8, 4) is 0 Å². The number of ether oxygens (including phenoxy) is 1. The standard InChI is InChI=1S/C11H14N2O3/c1-6-7-4-9-12-10(15)2-3-13(9)11(7)16-8(6)5-14/h2-3,6-8,11,14H,4-5H2,1H3/t6?,7?,8-,11-/m1/s1. The fraction of sp³-hybridized carbons (Fsp3) is 0.636. The second kappa shape index (κ2) is 3.40. The Kier molecular flexibility index (Phi) is 2.12. The lowest BCUT2D eigenvalue weighted by Gasteiger charge is -2.15. The van der Waals surface area contributed by atoms with E-state index in [-0.39, 0.29) is 24.5 Å². The Labute approximate surface area is 92.7 Å². The molecule has 1 N–H and O–H groups in total. The van der Waals surface area contributed by atoms with Crippen molar-refractivity contribution in [2.75, 3.05) is 6.61 Å². The van der Waals surface area contributed by atoms with Gasteiger partial charge in [0.05, 0.1) is 12.7 Å². The molecule has 2 unspecified atom stereocenters. The highest BCUT2D eigenvalue weighted by molar-refractivity contribution is 5.07. The van der Waals surface area contributed by atoms with E-state index in [1.807, 2.05) is 4.57 Å². The molecule has 0 amide bonds. The average Bonchev–Trinajstić information content (AvgIpc) is 2.75. The monoisotopic (exact) mass is 222 g/mol. The highest BCUT2D eigenvalue weighted by atomic mass is 16.5. The molecule has 1 aromatic heterocycles. The minimum atomic E-state index is -0.197. The molecule has 0 aromatic carbocycles. The largest absolute Gasteiger partial charge is 0.394 e. The van der Waals surface area contributed by atoms with Gasteiger partial charge in [0.2, 0.25) is 0 Å². The summed E-state index contributed by atoms with van der Waals surface area (Å²) in [5.41, 5.74) is -0.197. The van der Waals surface area contributed by atoms with Crippen molar-refractivity contribution in [1.29, 1.82) is 0 Å². The molecule has 3 heterocycles. The normalized spacial score (nSPS) is 36.1. The first kappa shape index (κ1) is 9.99. The highest BCUT2D eigenvalue weighted by Crippen LogP contribution is 2.44. The molecule has 3 rings (SSSR count). The summed E-state index contributed by atoms with van der Waals surface area (Å²) < 4.78 is 7.70. The third-order valence-electron chi connectivity index (χ3n) is 3.73. The lowest BCUT2D eigenvalue weighted by Crippen LogP contribution is -2.22. The van der Waals surface area contributed by atoms with Crippen LogP contribution in [0.3, 0.4) is 0 Å². The van der Waals surface area contributed by atoms with Crippen molar-refractivity contribution >= 4 is 0 Å². The average molecular weight is 222 g/mol. The van der Waals surface area contributed by atoms with E-state index < -0.39 is 0 Å². The van der Waals surface area contributed by atoms with Gasteiger partial charge in [-0.15, -0.1) is 0 Å². The lowest BCUT2D eigenvalue weighted by molar-refractivity contribution is -0.0313. The first-order chi connectivity index (χ1) is 7.70. The van der Waals surface area contributed by atoms with Crippen molar-refractivity contribution in [2.45, 2.75) is 25.7 Å². The molecule has 2 aliphatic rings. The van der Waals surface area contributed by atoms with Gasteiger partial charge >= 0.3 is 0 Å². The number of rotatable bonds is 1. The van der Waals surface area contributed by atoms with Gasteiger partial charge in [-0.05, 0) is 5.92 Å². The van der Waals surface area contributed by atoms with Gasteiger partial charge in [0.1, 0.15) is 12.1 Å². The van der Waals surface area contributed by atoms with E-state index in [9.17, 15) is 9.90 Å². The van der Waals surface area contributed by atoms with E-state index >= 15 is 0 Å². The van der Waals surface area contributed by atoms with Crippen molar-refractivity contribution < 1.29 is 9.84 Å². The molecule has 4 atom stereocenters. The Morgan fingerprint density at radius 2 is 2.50 bits per heavy atom. The van der Waals surface area contributed by atoms with Crippen molar-refractivity contribution in [3.05, 3.63) is 28.4 Å². The van der Waals surface area contributed by atoms with Crippen LogP contribution in [0.4, 0.5) is 0 Å². The summed E-state index contributed by atoms with van der Waals surface area (Å²) in [5.74, 6) is 1.42. The van der Waals surface area contributed by atoms with Crippen LogP contribution in [-0.4, -0.2) is 27.4 Å². The van der Waals surface area contributed by atoms with Gasteiger partial charge in [-0.1, -0.05) is 6.92 Å². The van der Waals surface area contributed by atoms with E-state index in [0.29, 0.717) is 11.8 Å². The summed E-state index contributed by atoms with van der Waals surface area (Å²) in [6, 6.07) is 1.45. The van der Waals surface area contributed by atoms with Gasteiger partial charge in [0.25, 0.3) is 5.56 Å². The zero-order chi connectivity index (χ0) is 11.3. The summed E-state index contributed by atoms with van der Waals surface area (Å²) >= 11 is 0. The van der Waals surface area contributed by atoms with Gasteiger partial charge in [-0.25, -0.2) is 0 Å². The van der Waals surface area contributed by atoms with Crippen molar-refractivity contribution in [2.24, 2.45) is 11.8 Å². The quantitative estimate of drug-likeness (QED) is 0.723. The first-order valence-electron chi connectivity index (χ1n) is 5.55. The van der Waals surface area contributed by atoms with Crippen LogP contribution in [0.1, 0.15) is 19.0 Å². The molecule has 1 saturated heterocycles. The number of nitrogens with zero attached hydrogens (tertiary/aromatic N) is 2. The van der Waals surface area contributed by atoms with Crippen LogP contribution < -0.4 is 5.56 Å². The summed E-state index contributed by atoms with van der Waals surface area (Å²) in [6.45, 7) is 2.13. The fourth-order valence-corrected chi connectivity index (χ4v) is 2.75. The topological polar surface area (TPSA) is 64.4 Å². The van der Waals surface area contributed by atoms with E-state index in [2.05, 4.69) is 11.9 Å². The number of aromatic nitrogens is 2. The minimum absolute atomic E-state index is 0.0527. The maximum Gasteiger partial charge on any atom is 0.272 e. The van der Waals surface area contributed by atoms with Gasteiger partial charge in [0, 0.05) is 24.6 Å². The molecule has 5 nitrogen and oxygen atoms in total. The Balaban J connectivity index is 1.99. The zero-order valence-corrected chi connectivity index (χ0v) is 9.04. The number of hydrogen-bond acceptors (Lipinski definition) is 4. The Bertz CT molecular complexity index is 471. The number of fused-ring (bicyclic) bond motifs is 3. The molecule has 0 spiro atoms. The fourth-order valence-electron chi connectivity index (χ4n) is 2.75. The number of aliphatic hydroxyl groups excluding tert-OH is 1. The number of hydrogen-bond donors (Lipinski definition) is 1. The van der Waals surface area contributed by atoms with Gasteiger partial charge < -0.3 is 14.4 Å².